The first-order chi connectivity index (χ1) is 16.0. The molecule has 0 radical (unpaired) electrons. The topological polar surface area (TPSA) is 64.1 Å². The van der Waals surface area contributed by atoms with Gasteiger partial charge in [0.25, 0.3) is 5.91 Å². The fraction of sp³-hybridized carbons (Fsp3) is 0.385. The van der Waals surface area contributed by atoms with E-state index in [1.54, 1.807) is 21.3 Å². The van der Waals surface area contributed by atoms with E-state index in [4.69, 9.17) is 19.2 Å². The summed E-state index contributed by atoms with van der Waals surface area (Å²) in [5, 5.41) is 0.852. The number of pyridine rings is 1. The van der Waals surface area contributed by atoms with Crippen molar-refractivity contribution in [1.82, 2.24) is 14.8 Å². The number of amides is 1. The number of nitrogens with zero attached hydrogens (tertiary/aromatic N) is 3. The number of carbonyl (C=O) groups is 1. The molecule has 0 N–H and O–H groups in total. The van der Waals surface area contributed by atoms with Crippen molar-refractivity contribution in [2.45, 2.75) is 18.9 Å². The third kappa shape index (κ3) is 4.46. The van der Waals surface area contributed by atoms with Crippen LogP contribution in [0.1, 0.15) is 23.2 Å². The lowest BCUT2D eigenvalue weighted by Gasteiger charge is -2.36. The van der Waals surface area contributed by atoms with Gasteiger partial charge in [0.2, 0.25) is 5.75 Å². The van der Waals surface area contributed by atoms with Crippen LogP contribution in [-0.4, -0.2) is 75.2 Å². The van der Waals surface area contributed by atoms with E-state index in [2.05, 4.69) is 19.0 Å². The molecular weight excluding hydrogens is 418 g/mol. The molecule has 0 aliphatic carbocycles. The van der Waals surface area contributed by atoms with Gasteiger partial charge in [-0.25, -0.2) is 4.98 Å². The Morgan fingerprint density at radius 3 is 2.36 bits per heavy atom. The molecule has 1 aromatic heterocycles. The van der Waals surface area contributed by atoms with E-state index in [0.717, 1.165) is 42.4 Å². The van der Waals surface area contributed by atoms with Crippen LogP contribution < -0.4 is 14.2 Å². The molecule has 1 atom stereocenters. The van der Waals surface area contributed by atoms with Gasteiger partial charge >= 0.3 is 0 Å². The van der Waals surface area contributed by atoms with Crippen molar-refractivity contribution >= 4 is 16.8 Å². The first-order valence-electron chi connectivity index (χ1n) is 11.1. The van der Waals surface area contributed by atoms with E-state index in [1.807, 2.05) is 47.4 Å². The molecule has 1 fully saturated rings. The number of hydrogen-bond acceptors (Lipinski definition) is 6. The van der Waals surface area contributed by atoms with E-state index >= 15 is 0 Å². The van der Waals surface area contributed by atoms with E-state index in [9.17, 15) is 4.79 Å². The van der Waals surface area contributed by atoms with E-state index in [-0.39, 0.29) is 5.91 Å². The predicted molar refractivity (Wildman–Crippen MR) is 129 cm³/mol. The summed E-state index contributed by atoms with van der Waals surface area (Å²) in [6.07, 6.45) is 2.10. The van der Waals surface area contributed by atoms with Gasteiger partial charge in [-0.05, 0) is 51.2 Å². The smallest absolute Gasteiger partial charge is 0.254 e. The lowest BCUT2D eigenvalue weighted by molar-refractivity contribution is 0.0637. The molecule has 1 aliphatic rings. The first kappa shape index (κ1) is 22.9. The van der Waals surface area contributed by atoms with E-state index in [1.165, 1.54) is 0 Å². The van der Waals surface area contributed by atoms with Gasteiger partial charge in [0.05, 0.1) is 38.1 Å². The zero-order chi connectivity index (χ0) is 23.5. The summed E-state index contributed by atoms with van der Waals surface area (Å²) in [6, 6.07) is 13.7. The minimum atomic E-state index is 0.0360. The summed E-state index contributed by atoms with van der Waals surface area (Å²) >= 11 is 0. The number of carbonyl (C=O) groups excluding carboxylic acids is 1. The highest BCUT2D eigenvalue weighted by atomic mass is 16.5. The zero-order valence-corrected chi connectivity index (χ0v) is 19.9. The second kappa shape index (κ2) is 9.67. The maximum atomic E-state index is 13.7. The number of ether oxygens (including phenoxy) is 3. The molecule has 0 bridgehead atoms. The molecular formula is C26H31N3O4. The van der Waals surface area contributed by atoms with Crippen LogP contribution in [0.3, 0.4) is 0 Å². The fourth-order valence-electron chi connectivity index (χ4n) is 4.46. The molecule has 7 heteroatoms. The number of methoxy groups -OCH3 is 3. The number of likely N-dealkylation sites (N-methyl/N-ethyl adjacent to an activating group) is 1. The van der Waals surface area contributed by atoms with Crippen LogP contribution in [0, 0.1) is 0 Å². The Kier molecular flexibility index (Phi) is 6.70. The summed E-state index contributed by atoms with van der Waals surface area (Å²) < 4.78 is 16.5. The lowest BCUT2D eigenvalue weighted by Crippen LogP contribution is -2.47. The number of likely N-dealkylation sites (tertiary alicyclic amines) is 1. The maximum absolute atomic E-state index is 13.7. The number of fused-ring (bicyclic) bond motifs is 1. The summed E-state index contributed by atoms with van der Waals surface area (Å²) in [5.74, 6) is 1.64. The predicted octanol–water partition coefficient (Wildman–Crippen LogP) is 4.09. The van der Waals surface area contributed by atoms with Gasteiger partial charge in [0.15, 0.2) is 11.5 Å². The second-order valence-corrected chi connectivity index (χ2v) is 8.50. The number of rotatable bonds is 6. The minimum absolute atomic E-state index is 0.0360. The van der Waals surface area contributed by atoms with Crippen molar-refractivity contribution in [3.05, 3.63) is 48.0 Å². The largest absolute Gasteiger partial charge is 0.493 e. The van der Waals surface area contributed by atoms with Crippen molar-refractivity contribution in [2.24, 2.45) is 0 Å². The van der Waals surface area contributed by atoms with Gasteiger partial charge < -0.3 is 24.0 Å². The van der Waals surface area contributed by atoms with E-state index < -0.39 is 0 Å². The van der Waals surface area contributed by atoms with Gasteiger partial charge in [-0.2, -0.15) is 0 Å². The molecule has 4 rings (SSSR count). The molecule has 1 saturated heterocycles. The number of aromatic nitrogens is 1. The van der Waals surface area contributed by atoms with Crippen LogP contribution in [0.5, 0.6) is 17.2 Å². The van der Waals surface area contributed by atoms with Crippen LogP contribution in [0.15, 0.2) is 42.5 Å². The number of para-hydroxylation sites is 1. The Balaban J connectivity index is 1.82. The monoisotopic (exact) mass is 449 g/mol. The number of hydrogen-bond donors (Lipinski definition) is 0. The molecule has 1 unspecified atom stereocenters. The molecule has 1 aliphatic heterocycles. The summed E-state index contributed by atoms with van der Waals surface area (Å²) in [5.41, 5.74) is 2.89. The quantitative estimate of drug-likeness (QED) is 0.565. The lowest BCUT2D eigenvalue weighted by atomic mass is 10.00. The molecule has 2 aromatic carbocycles. The van der Waals surface area contributed by atoms with Gasteiger partial charge in [-0.15, -0.1) is 0 Å². The molecule has 1 amide bonds. The minimum Gasteiger partial charge on any atom is -0.493 e. The highest BCUT2D eigenvalue weighted by Crippen LogP contribution is 2.41. The van der Waals surface area contributed by atoms with Crippen LogP contribution >= 0.6 is 0 Å². The molecule has 3 aromatic rings. The highest BCUT2D eigenvalue weighted by molar-refractivity contribution is 6.07. The molecule has 33 heavy (non-hydrogen) atoms. The van der Waals surface area contributed by atoms with Gasteiger partial charge in [-0.1, -0.05) is 18.2 Å². The standard InChI is InChI=1S/C26H31N3O4/c1-28(2)18-9-8-12-29(16-18)26(30)20-15-22(27-21-11-7-6-10-19(20)21)17-13-23(31-3)25(33-5)24(14-17)32-4/h6-7,10-11,13-15,18H,8-9,12,16H2,1-5H3. The maximum Gasteiger partial charge on any atom is 0.254 e. The van der Waals surface area contributed by atoms with Crippen LogP contribution in [0.2, 0.25) is 0 Å². The van der Waals surface area contributed by atoms with Crippen molar-refractivity contribution in [3.8, 4) is 28.5 Å². The normalized spacial score (nSPS) is 16.2. The third-order valence-corrected chi connectivity index (χ3v) is 6.32. The molecule has 0 spiro atoms. The molecule has 0 saturated carbocycles. The average Bonchev–Trinajstić information content (AvgIpc) is 2.86. The van der Waals surface area contributed by atoms with Crippen molar-refractivity contribution < 1.29 is 19.0 Å². The van der Waals surface area contributed by atoms with Crippen LogP contribution in [0.25, 0.3) is 22.2 Å². The van der Waals surface area contributed by atoms with Crippen LogP contribution in [0.4, 0.5) is 0 Å². The Hall–Kier alpha value is -3.32. The van der Waals surface area contributed by atoms with Gasteiger partial charge in [0.1, 0.15) is 0 Å². The van der Waals surface area contributed by atoms with Crippen LogP contribution in [-0.2, 0) is 0 Å². The Bertz CT molecular complexity index is 1140. The highest BCUT2D eigenvalue weighted by Gasteiger charge is 2.27. The molecule has 2 heterocycles. The first-order valence-corrected chi connectivity index (χ1v) is 11.1. The SMILES string of the molecule is COc1cc(-c2cc(C(=O)N3CCCC(N(C)C)C3)c3ccccc3n2)cc(OC)c1OC. The van der Waals surface area contributed by atoms with Gasteiger partial charge in [-0.3, -0.25) is 4.79 Å². The zero-order valence-electron chi connectivity index (χ0n) is 19.9. The third-order valence-electron chi connectivity index (χ3n) is 6.32. The van der Waals surface area contributed by atoms with Crippen molar-refractivity contribution in [1.29, 1.82) is 0 Å². The van der Waals surface area contributed by atoms with Crippen molar-refractivity contribution in [3.63, 3.8) is 0 Å². The summed E-state index contributed by atoms with van der Waals surface area (Å²) in [4.78, 5) is 22.7. The molecule has 7 nitrogen and oxygen atoms in total. The number of benzene rings is 2. The average molecular weight is 450 g/mol. The second-order valence-electron chi connectivity index (χ2n) is 8.50. The Morgan fingerprint density at radius 2 is 1.73 bits per heavy atom. The summed E-state index contributed by atoms with van der Waals surface area (Å²) in [6.45, 7) is 1.49. The Labute approximate surface area is 194 Å². The Morgan fingerprint density at radius 1 is 1.03 bits per heavy atom. The van der Waals surface area contributed by atoms with E-state index in [0.29, 0.717) is 34.5 Å². The number of piperidine rings is 1. The van der Waals surface area contributed by atoms with Crippen molar-refractivity contribution in [2.75, 3.05) is 48.5 Å². The van der Waals surface area contributed by atoms with Gasteiger partial charge in [0, 0.05) is 30.1 Å². The molecule has 174 valence electrons. The fourth-order valence-corrected chi connectivity index (χ4v) is 4.46. The summed E-state index contributed by atoms with van der Waals surface area (Å²) in [7, 11) is 8.89.